The van der Waals surface area contributed by atoms with Crippen LogP contribution < -0.4 is 5.32 Å². The molecule has 1 N–H and O–H groups in total. The Hall–Kier alpha value is -1.31. The number of hydrogen-bond acceptors (Lipinski definition) is 5. The first-order chi connectivity index (χ1) is 11.0. The predicted octanol–water partition coefficient (Wildman–Crippen LogP) is 3.03. The van der Waals surface area contributed by atoms with Crippen molar-refractivity contribution in [2.75, 3.05) is 25.4 Å². The number of halogens is 1. The second kappa shape index (κ2) is 8.52. The number of carbonyl (C=O) groups is 2. The van der Waals surface area contributed by atoms with E-state index in [4.69, 9.17) is 11.6 Å². The summed E-state index contributed by atoms with van der Waals surface area (Å²) in [7, 11) is 0. The van der Waals surface area contributed by atoms with Crippen LogP contribution in [0.4, 0.5) is 0 Å². The van der Waals surface area contributed by atoms with Gasteiger partial charge in [0, 0.05) is 18.1 Å². The summed E-state index contributed by atoms with van der Waals surface area (Å²) in [6.45, 7) is 4.88. The zero-order chi connectivity index (χ0) is 16.8. The molecule has 0 saturated heterocycles. The SMILES string of the molecule is CCNC(=O)CN(CC)C(=O)CSc1nc2cc(Cl)ccc2s1. The van der Waals surface area contributed by atoms with Crippen LogP contribution in [0.1, 0.15) is 13.8 Å². The maximum atomic E-state index is 12.2. The lowest BCUT2D eigenvalue weighted by Crippen LogP contribution is -2.41. The average Bonchev–Trinajstić information content (AvgIpc) is 2.92. The molecule has 2 amide bonds. The Morgan fingerprint density at radius 3 is 2.87 bits per heavy atom. The van der Waals surface area contributed by atoms with Gasteiger partial charge in [-0.15, -0.1) is 11.3 Å². The van der Waals surface area contributed by atoms with Gasteiger partial charge in [0.2, 0.25) is 11.8 Å². The molecule has 0 unspecified atom stereocenters. The summed E-state index contributed by atoms with van der Waals surface area (Å²) < 4.78 is 1.86. The Morgan fingerprint density at radius 2 is 2.17 bits per heavy atom. The van der Waals surface area contributed by atoms with Crippen LogP contribution in [-0.2, 0) is 9.59 Å². The first-order valence-electron chi connectivity index (χ1n) is 7.26. The van der Waals surface area contributed by atoms with Crippen LogP contribution >= 0.6 is 34.7 Å². The van der Waals surface area contributed by atoms with Crippen molar-refractivity contribution >= 4 is 56.7 Å². The van der Waals surface area contributed by atoms with E-state index in [1.807, 2.05) is 32.0 Å². The minimum absolute atomic E-state index is 0.0685. The van der Waals surface area contributed by atoms with Crippen molar-refractivity contribution in [2.24, 2.45) is 0 Å². The van der Waals surface area contributed by atoms with E-state index >= 15 is 0 Å². The topological polar surface area (TPSA) is 62.3 Å². The van der Waals surface area contributed by atoms with E-state index in [1.54, 1.807) is 4.90 Å². The lowest BCUT2D eigenvalue weighted by atomic mass is 10.3. The Labute approximate surface area is 148 Å². The number of nitrogens with zero attached hydrogens (tertiary/aromatic N) is 2. The highest BCUT2D eigenvalue weighted by molar-refractivity contribution is 8.01. The lowest BCUT2D eigenvalue weighted by Gasteiger charge is -2.19. The molecule has 0 bridgehead atoms. The molecule has 1 aromatic carbocycles. The molecule has 23 heavy (non-hydrogen) atoms. The summed E-state index contributed by atoms with van der Waals surface area (Å²) >= 11 is 8.87. The van der Waals surface area contributed by atoms with Gasteiger partial charge < -0.3 is 10.2 Å². The van der Waals surface area contributed by atoms with E-state index in [0.29, 0.717) is 18.1 Å². The summed E-state index contributed by atoms with van der Waals surface area (Å²) in [4.78, 5) is 29.9. The molecule has 1 aromatic heterocycles. The third-order valence-corrected chi connectivity index (χ3v) is 5.49. The largest absolute Gasteiger partial charge is 0.355 e. The average molecular weight is 372 g/mol. The number of amides is 2. The number of benzene rings is 1. The summed E-state index contributed by atoms with van der Waals surface area (Å²) in [6.07, 6.45) is 0. The van der Waals surface area contributed by atoms with Crippen LogP contribution in [0, 0.1) is 0 Å². The van der Waals surface area contributed by atoms with Crippen LogP contribution in [-0.4, -0.2) is 47.1 Å². The molecule has 2 rings (SSSR count). The van der Waals surface area contributed by atoms with E-state index < -0.39 is 0 Å². The number of fused-ring (bicyclic) bond motifs is 1. The fourth-order valence-electron chi connectivity index (χ4n) is 1.96. The minimum atomic E-state index is -0.137. The van der Waals surface area contributed by atoms with Crippen molar-refractivity contribution in [3.05, 3.63) is 23.2 Å². The first-order valence-corrected chi connectivity index (χ1v) is 9.44. The number of thiazole rings is 1. The number of carbonyl (C=O) groups excluding carboxylic acids is 2. The van der Waals surface area contributed by atoms with Crippen LogP contribution in [0.25, 0.3) is 10.2 Å². The second-order valence-electron chi connectivity index (χ2n) is 4.74. The van der Waals surface area contributed by atoms with Crippen LogP contribution in [0.5, 0.6) is 0 Å². The van der Waals surface area contributed by atoms with Crippen LogP contribution in [0.15, 0.2) is 22.5 Å². The molecule has 0 aliphatic carbocycles. The van der Waals surface area contributed by atoms with Crippen LogP contribution in [0.2, 0.25) is 5.02 Å². The maximum Gasteiger partial charge on any atom is 0.239 e. The third kappa shape index (κ3) is 5.09. The highest BCUT2D eigenvalue weighted by Crippen LogP contribution is 2.31. The van der Waals surface area contributed by atoms with Gasteiger partial charge in [0.1, 0.15) is 0 Å². The van der Waals surface area contributed by atoms with Crippen LogP contribution in [0.3, 0.4) is 0 Å². The summed E-state index contributed by atoms with van der Waals surface area (Å²) in [5, 5.41) is 3.35. The smallest absolute Gasteiger partial charge is 0.239 e. The van der Waals surface area contributed by atoms with Crippen molar-refractivity contribution in [1.29, 1.82) is 0 Å². The van der Waals surface area contributed by atoms with Gasteiger partial charge in [-0.1, -0.05) is 23.4 Å². The fourth-order valence-corrected chi connectivity index (χ4v) is 4.08. The molecule has 5 nitrogen and oxygen atoms in total. The van der Waals surface area contributed by atoms with Gasteiger partial charge in [-0.25, -0.2) is 4.98 Å². The molecule has 0 saturated carbocycles. The molecule has 2 aromatic rings. The normalized spacial score (nSPS) is 10.7. The Bertz CT molecular complexity index is 705. The van der Waals surface area contributed by atoms with E-state index in [1.165, 1.54) is 23.1 Å². The van der Waals surface area contributed by atoms with Crippen molar-refractivity contribution < 1.29 is 9.59 Å². The van der Waals surface area contributed by atoms with Gasteiger partial charge >= 0.3 is 0 Å². The Morgan fingerprint density at radius 1 is 1.39 bits per heavy atom. The number of hydrogen-bond donors (Lipinski definition) is 1. The summed E-state index contributed by atoms with van der Waals surface area (Å²) in [5.74, 6) is 0.0595. The van der Waals surface area contributed by atoms with Gasteiger partial charge in [0.25, 0.3) is 0 Å². The second-order valence-corrected chi connectivity index (χ2v) is 7.43. The number of thioether (sulfide) groups is 1. The zero-order valence-electron chi connectivity index (χ0n) is 13.0. The molecule has 0 spiro atoms. The molecule has 0 atom stereocenters. The number of nitrogens with one attached hydrogen (secondary N) is 1. The van der Waals surface area contributed by atoms with Gasteiger partial charge in [0.05, 0.1) is 22.5 Å². The number of rotatable bonds is 7. The Kier molecular flexibility index (Phi) is 6.68. The van der Waals surface area contributed by atoms with Crippen molar-refractivity contribution in [3.8, 4) is 0 Å². The van der Waals surface area contributed by atoms with Gasteiger partial charge in [0.15, 0.2) is 4.34 Å². The molecule has 0 fully saturated rings. The van der Waals surface area contributed by atoms with Gasteiger partial charge in [-0.05, 0) is 32.0 Å². The van der Waals surface area contributed by atoms with E-state index in [2.05, 4.69) is 10.3 Å². The molecular weight excluding hydrogens is 354 g/mol. The number of aromatic nitrogens is 1. The molecule has 1 heterocycles. The van der Waals surface area contributed by atoms with Crippen molar-refractivity contribution in [2.45, 2.75) is 18.2 Å². The zero-order valence-corrected chi connectivity index (χ0v) is 15.4. The highest BCUT2D eigenvalue weighted by atomic mass is 35.5. The van der Waals surface area contributed by atoms with Crippen molar-refractivity contribution in [1.82, 2.24) is 15.2 Å². The summed E-state index contributed by atoms with van der Waals surface area (Å²) in [6, 6.07) is 5.56. The van der Waals surface area contributed by atoms with Crippen molar-refractivity contribution in [3.63, 3.8) is 0 Å². The molecule has 0 aliphatic heterocycles. The molecule has 124 valence electrons. The summed E-state index contributed by atoms with van der Waals surface area (Å²) in [5.41, 5.74) is 0.840. The van der Waals surface area contributed by atoms with E-state index in [9.17, 15) is 9.59 Å². The third-order valence-electron chi connectivity index (χ3n) is 3.09. The van der Waals surface area contributed by atoms with Gasteiger partial charge in [-0.3, -0.25) is 9.59 Å². The molecule has 8 heteroatoms. The first kappa shape index (κ1) is 18.0. The maximum absolute atomic E-state index is 12.2. The monoisotopic (exact) mass is 371 g/mol. The molecule has 0 aliphatic rings. The fraction of sp³-hybridized carbons (Fsp3) is 0.400. The minimum Gasteiger partial charge on any atom is -0.355 e. The van der Waals surface area contributed by atoms with E-state index in [-0.39, 0.29) is 24.1 Å². The Balaban J connectivity index is 1.94. The standard InChI is InChI=1S/C15H18ClN3O2S2/c1-3-17-13(20)8-19(4-2)14(21)9-22-15-18-11-7-10(16)5-6-12(11)23-15/h5-7H,3-4,8-9H2,1-2H3,(H,17,20). The molecule has 0 radical (unpaired) electrons. The highest BCUT2D eigenvalue weighted by Gasteiger charge is 2.16. The van der Waals surface area contributed by atoms with Gasteiger partial charge in [-0.2, -0.15) is 0 Å². The lowest BCUT2D eigenvalue weighted by molar-refractivity contribution is -0.133. The quantitative estimate of drug-likeness (QED) is 0.760. The predicted molar refractivity (Wildman–Crippen MR) is 96.3 cm³/mol. The molecular formula is C15H18ClN3O2S2. The van der Waals surface area contributed by atoms with E-state index in [0.717, 1.165) is 14.6 Å². The number of likely N-dealkylation sites (N-methyl/N-ethyl adjacent to an activating group) is 2.